The highest BCUT2D eigenvalue weighted by Gasteiger charge is 2.31. The van der Waals surface area contributed by atoms with Gasteiger partial charge in [-0.15, -0.1) is 0 Å². The van der Waals surface area contributed by atoms with Crippen molar-refractivity contribution in [2.24, 2.45) is 0 Å². The summed E-state index contributed by atoms with van der Waals surface area (Å²) in [6.45, 7) is 2.10. The van der Waals surface area contributed by atoms with E-state index in [1.54, 1.807) is 21.6 Å². The molecule has 0 bridgehead atoms. The first-order chi connectivity index (χ1) is 12.4. The van der Waals surface area contributed by atoms with Crippen LogP contribution in [-0.4, -0.2) is 27.4 Å². The number of benzene rings is 1. The summed E-state index contributed by atoms with van der Waals surface area (Å²) in [4.78, 5) is 7.43. The van der Waals surface area contributed by atoms with Gasteiger partial charge >= 0.3 is 12.1 Å². The normalized spacial score (nSPS) is 12.0. The predicted octanol–water partition coefficient (Wildman–Crippen LogP) is 4.04. The van der Waals surface area contributed by atoms with Crippen molar-refractivity contribution in [3.8, 4) is 5.95 Å². The molecule has 3 rings (SSSR count). The number of halogens is 3. The second kappa shape index (κ2) is 7.89. The van der Waals surface area contributed by atoms with Crippen LogP contribution in [0.25, 0.3) is 17.0 Å². The Balaban J connectivity index is 1.97. The molecule has 3 aromatic rings. The molecule has 0 aliphatic heterocycles. The molecule has 0 unspecified atom stereocenters. The van der Waals surface area contributed by atoms with Gasteiger partial charge in [0.1, 0.15) is 5.52 Å². The fourth-order valence-corrected chi connectivity index (χ4v) is 4.43. The van der Waals surface area contributed by atoms with E-state index < -0.39 is 11.7 Å². The SMILES string of the molecule is Cc1ccc[n+](-c2nc3ccc(C(F)(F)F)cc3[nH]2)c1CSSCCO. The number of aromatic nitrogens is 3. The molecule has 0 atom stereocenters. The van der Waals surface area contributed by atoms with E-state index in [-0.39, 0.29) is 6.61 Å². The van der Waals surface area contributed by atoms with E-state index in [1.165, 1.54) is 6.07 Å². The van der Waals surface area contributed by atoms with Crippen LogP contribution in [0.15, 0.2) is 36.5 Å². The molecule has 0 radical (unpaired) electrons. The summed E-state index contributed by atoms with van der Waals surface area (Å²) in [6, 6.07) is 7.34. The number of aryl methyl sites for hydroxylation is 1. The second-order valence-electron chi connectivity index (χ2n) is 5.61. The summed E-state index contributed by atoms with van der Waals surface area (Å²) in [5.74, 6) is 1.80. The lowest BCUT2D eigenvalue weighted by molar-refractivity contribution is -0.610. The third-order valence-electron chi connectivity index (χ3n) is 3.81. The van der Waals surface area contributed by atoms with Gasteiger partial charge in [-0.1, -0.05) is 32.6 Å². The molecule has 0 amide bonds. The summed E-state index contributed by atoms with van der Waals surface area (Å²) in [5, 5.41) is 8.88. The molecule has 0 aliphatic carbocycles. The standard InChI is InChI=1S/C17H17F3N3OS2/c1-11-3-2-6-23(15(11)10-26-25-8-7-24)16-21-13-5-4-12(17(18,19)20)9-14(13)22-16/h2-6,9,24H,7-8,10H2,1H3,(H,21,22)/q+1. The summed E-state index contributed by atoms with van der Waals surface area (Å²) in [6.07, 6.45) is -2.55. The van der Waals surface area contributed by atoms with Crippen LogP contribution >= 0.6 is 21.6 Å². The van der Waals surface area contributed by atoms with Crippen LogP contribution in [0.3, 0.4) is 0 Å². The first kappa shape index (κ1) is 19.1. The Morgan fingerprint density at radius 2 is 2.04 bits per heavy atom. The van der Waals surface area contributed by atoms with E-state index in [0.29, 0.717) is 28.5 Å². The van der Waals surface area contributed by atoms with E-state index in [1.807, 2.05) is 29.8 Å². The maximum atomic E-state index is 12.9. The number of rotatable bonds is 6. The Morgan fingerprint density at radius 1 is 1.23 bits per heavy atom. The summed E-state index contributed by atoms with van der Waals surface area (Å²) in [7, 11) is 3.18. The number of nitrogens with one attached hydrogen (secondary N) is 1. The Morgan fingerprint density at radius 3 is 2.77 bits per heavy atom. The third-order valence-corrected chi connectivity index (χ3v) is 6.07. The fraction of sp³-hybridized carbons (Fsp3) is 0.294. The molecule has 2 heterocycles. The van der Waals surface area contributed by atoms with Crippen molar-refractivity contribution in [2.75, 3.05) is 12.4 Å². The van der Waals surface area contributed by atoms with Crippen molar-refractivity contribution in [1.82, 2.24) is 9.97 Å². The number of nitrogens with zero attached hydrogens (tertiary/aromatic N) is 2. The highest BCUT2D eigenvalue weighted by Crippen LogP contribution is 2.31. The monoisotopic (exact) mass is 400 g/mol. The number of imidazole rings is 1. The summed E-state index contributed by atoms with van der Waals surface area (Å²) < 4.78 is 40.6. The number of aromatic amines is 1. The maximum absolute atomic E-state index is 12.9. The molecule has 0 aliphatic rings. The number of fused-ring (bicyclic) bond motifs is 1. The molecule has 0 spiro atoms. The number of alkyl halides is 3. The van der Waals surface area contributed by atoms with E-state index in [9.17, 15) is 13.2 Å². The molecule has 9 heteroatoms. The Hall–Kier alpha value is -1.71. The van der Waals surface area contributed by atoms with E-state index in [2.05, 4.69) is 9.97 Å². The largest absolute Gasteiger partial charge is 0.416 e. The van der Waals surface area contributed by atoms with Crippen molar-refractivity contribution in [1.29, 1.82) is 0 Å². The summed E-state index contributed by atoms with van der Waals surface area (Å²) >= 11 is 0. The average molecular weight is 400 g/mol. The van der Waals surface area contributed by atoms with Gasteiger partial charge in [0, 0.05) is 5.75 Å². The van der Waals surface area contributed by atoms with Gasteiger partial charge in [0.05, 0.1) is 29.8 Å². The second-order valence-corrected chi connectivity index (χ2v) is 8.19. The summed E-state index contributed by atoms with van der Waals surface area (Å²) in [5.41, 5.74) is 2.18. The van der Waals surface area contributed by atoms with Crippen molar-refractivity contribution >= 4 is 32.6 Å². The van der Waals surface area contributed by atoms with Crippen LogP contribution in [0.5, 0.6) is 0 Å². The number of hydrogen-bond acceptors (Lipinski definition) is 4. The number of pyridine rings is 1. The van der Waals surface area contributed by atoms with Crippen LogP contribution in [0, 0.1) is 6.92 Å². The smallest absolute Gasteiger partial charge is 0.395 e. The minimum Gasteiger partial charge on any atom is -0.395 e. The van der Waals surface area contributed by atoms with Crippen LogP contribution < -0.4 is 4.57 Å². The van der Waals surface area contributed by atoms with Gasteiger partial charge in [-0.05, 0) is 36.8 Å². The molecule has 2 N–H and O–H groups in total. The fourth-order valence-electron chi connectivity index (χ4n) is 2.51. The number of hydrogen-bond donors (Lipinski definition) is 2. The molecule has 0 fully saturated rings. The predicted molar refractivity (Wildman–Crippen MR) is 98.2 cm³/mol. The van der Waals surface area contributed by atoms with Crippen molar-refractivity contribution in [2.45, 2.75) is 18.9 Å². The van der Waals surface area contributed by atoms with Crippen LogP contribution in [-0.2, 0) is 11.9 Å². The molecular formula is C17H17F3N3OS2+. The van der Waals surface area contributed by atoms with Crippen LogP contribution in [0.2, 0.25) is 0 Å². The van der Waals surface area contributed by atoms with Gasteiger partial charge in [0.2, 0.25) is 0 Å². The van der Waals surface area contributed by atoms with Gasteiger partial charge in [-0.2, -0.15) is 13.2 Å². The van der Waals surface area contributed by atoms with Crippen molar-refractivity contribution in [3.05, 3.63) is 53.3 Å². The van der Waals surface area contributed by atoms with Gasteiger partial charge < -0.3 is 5.11 Å². The molecule has 1 aromatic carbocycles. The van der Waals surface area contributed by atoms with Gasteiger partial charge in [-0.3, -0.25) is 0 Å². The van der Waals surface area contributed by atoms with E-state index >= 15 is 0 Å². The molecule has 0 saturated carbocycles. The highest BCUT2D eigenvalue weighted by molar-refractivity contribution is 8.76. The number of aliphatic hydroxyl groups is 1. The van der Waals surface area contributed by atoms with Gasteiger partial charge in [-0.25, -0.2) is 9.55 Å². The van der Waals surface area contributed by atoms with E-state index in [4.69, 9.17) is 5.11 Å². The quantitative estimate of drug-likeness (QED) is 0.373. The van der Waals surface area contributed by atoms with Crippen LogP contribution in [0.4, 0.5) is 13.2 Å². The Kier molecular flexibility index (Phi) is 5.79. The average Bonchev–Trinajstić information content (AvgIpc) is 3.02. The zero-order valence-electron chi connectivity index (χ0n) is 13.9. The molecule has 26 heavy (non-hydrogen) atoms. The topological polar surface area (TPSA) is 52.8 Å². The first-order valence-electron chi connectivity index (χ1n) is 7.83. The van der Waals surface area contributed by atoms with E-state index in [0.717, 1.165) is 23.4 Å². The first-order valence-corrected chi connectivity index (χ1v) is 10.3. The number of aliphatic hydroxyl groups excluding tert-OH is 1. The van der Waals surface area contributed by atoms with Crippen molar-refractivity contribution < 1.29 is 22.8 Å². The zero-order chi connectivity index (χ0) is 18.7. The molecule has 4 nitrogen and oxygen atoms in total. The Labute approximate surface area is 156 Å². The molecule has 138 valence electrons. The van der Waals surface area contributed by atoms with Crippen molar-refractivity contribution in [3.63, 3.8) is 0 Å². The third kappa shape index (κ3) is 4.16. The lowest BCUT2D eigenvalue weighted by Crippen LogP contribution is -2.37. The number of H-pyrrole nitrogens is 1. The minimum absolute atomic E-state index is 0.122. The molecule has 2 aromatic heterocycles. The lowest BCUT2D eigenvalue weighted by Gasteiger charge is -2.08. The minimum atomic E-state index is -4.39. The Bertz CT molecular complexity index is 912. The van der Waals surface area contributed by atoms with Crippen LogP contribution in [0.1, 0.15) is 16.8 Å². The highest BCUT2D eigenvalue weighted by atomic mass is 33.1. The van der Waals surface area contributed by atoms with Gasteiger partial charge in [0.25, 0.3) is 0 Å². The zero-order valence-corrected chi connectivity index (χ0v) is 15.5. The molecular weight excluding hydrogens is 383 g/mol. The lowest BCUT2D eigenvalue weighted by atomic mass is 10.2. The van der Waals surface area contributed by atoms with Gasteiger partial charge in [0.15, 0.2) is 5.52 Å². The molecule has 0 saturated heterocycles. The maximum Gasteiger partial charge on any atom is 0.416 e.